The third-order valence-electron chi connectivity index (χ3n) is 0.707. The van der Waals surface area contributed by atoms with Gasteiger partial charge in [-0.05, 0) is 0 Å². The fraction of sp³-hybridized carbons (Fsp3) is 1.00. The molecule has 1 heteroatoms. The second kappa shape index (κ2) is 4.62. The predicted octanol–water partition coefficient (Wildman–Crippen LogP) is 1.95. The van der Waals surface area contributed by atoms with Gasteiger partial charge in [0.2, 0.25) is 0 Å². The molecule has 0 aliphatic heterocycles. The molecule has 29 valence electrons. The van der Waals surface area contributed by atoms with E-state index in [1.807, 2.05) is 0 Å². The van der Waals surface area contributed by atoms with Crippen molar-refractivity contribution in [3.63, 3.8) is 0 Å². The van der Waals surface area contributed by atoms with Gasteiger partial charge in [0.1, 0.15) is 0 Å². The first-order valence-corrected chi connectivity index (χ1v) is 6.61. The van der Waals surface area contributed by atoms with Gasteiger partial charge in [0, 0.05) is 0 Å². The molecule has 0 atom stereocenters. The molecule has 0 N–H and O–H groups in total. The Labute approximate surface area is 41.6 Å². The summed E-state index contributed by atoms with van der Waals surface area (Å²) in [6, 6.07) is 0. The maximum atomic E-state index is 2.30. The monoisotopic (exact) mass is 122 g/mol. The molecular weight excluding hydrogens is 113 g/mol. The van der Waals surface area contributed by atoms with E-state index in [1.165, 1.54) is 10.0 Å². The molecule has 0 aromatic carbocycles. The Hall–Kier alpha value is 0.623. The van der Waals surface area contributed by atoms with E-state index >= 15 is 0 Å². The average Bonchev–Trinajstić information content (AvgIpc) is 1.41. The van der Waals surface area contributed by atoms with Gasteiger partial charge < -0.3 is 0 Å². The SMILES string of the molecule is C[CH2][Zn-][CH2]C. The molecule has 0 aromatic rings. The first kappa shape index (κ1) is 5.62. The first-order chi connectivity index (χ1) is 2.41. The topological polar surface area (TPSA) is 0 Å². The molecule has 0 aromatic heterocycles. The van der Waals surface area contributed by atoms with Crippen LogP contribution < -0.4 is 0 Å². The molecule has 0 saturated heterocycles. The van der Waals surface area contributed by atoms with Crippen molar-refractivity contribution >= 4 is 0 Å². The summed E-state index contributed by atoms with van der Waals surface area (Å²) < 4.78 is 0. The van der Waals surface area contributed by atoms with Gasteiger partial charge in [0.25, 0.3) is 0 Å². The normalized spacial score (nSPS) is 6.80. The number of rotatable bonds is 2. The zero-order chi connectivity index (χ0) is 4.12. The van der Waals surface area contributed by atoms with E-state index in [1.54, 1.807) is 0 Å². The van der Waals surface area contributed by atoms with Gasteiger partial charge in [-0.1, -0.05) is 0 Å². The molecule has 0 aliphatic rings. The van der Waals surface area contributed by atoms with E-state index in [0.717, 1.165) is 0 Å². The molecule has 0 unspecified atom stereocenters. The van der Waals surface area contributed by atoms with Crippen molar-refractivity contribution in [3.05, 3.63) is 0 Å². The van der Waals surface area contributed by atoms with Crippen molar-refractivity contribution < 1.29 is 17.1 Å². The third-order valence-corrected chi connectivity index (χ3v) is 3.67. The van der Waals surface area contributed by atoms with E-state index in [-0.39, 0.29) is 17.1 Å². The van der Waals surface area contributed by atoms with Crippen molar-refractivity contribution in [1.29, 1.82) is 0 Å². The molecule has 0 aliphatic carbocycles. The van der Waals surface area contributed by atoms with Crippen molar-refractivity contribution in [1.82, 2.24) is 0 Å². The van der Waals surface area contributed by atoms with Gasteiger partial charge in [0.05, 0.1) is 0 Å². The van der Waals surface area contributed by atoms with Crippen molar-refractivity contribution in [3.8, 4) is 0 Å². The van der Waals surface area contributed by atoms with E-state index in [9.17, 15) is 0 Å². The van der Waals surface area contributed by atoms with Crippen LogP contribution in [0.2, 0.25) is 10.0 Å². The summed E-state index contributed by atoms with van der Waals surface area (Å²) in [5.74, 6) is 0. The van der Waals surface area contributed by atoms with Gasteiger partial charge >= 0.3 is 41.0 Å². The maximum absolute atomic E-state index is 2.30. The summed E-state index contributed by atoms with van der Waals surface area (Å²) in [6.07, 6.45) is 0. The van der Waals surface area contributed by atoms with Gasteiger partial charge in [-0.2, -0.15) is 0 Å². The molecule has 0 radical (unpaired) electrons. The molecule has 0 spiro atoms. The van der Waals surface area contributed by atoms with Crippen molar-refractivity contribution in [2.24, 2.45) is 0 Å². The van der Waals surface area contributed by atoms with E-state index in [4.69, 9.17) is 0 Å². The average molecular weight is 124 g/mol. The summed E-state index contributed by atoms with van der Waals surface area (Å²) in [6.45, 7) is 4.59. The summed E-state index contributed by atoms with van der Waals surface area (Å²) >= 11 is 0.0972. The van der Waals surface area contributed by atoms with Crippen molar-refractivity contribution in [2.75, 3.05) is 0 Å². The zero-order valence-corrected chi connectivity index (χ0v) is 7.09. The number of hydrogen-bond donors (Lipinski definition) is 0. The minimum absolute atomic E-state index is 0.0972. The molecule has 0 fully saturated rings. The Kier molecular flexibility index (Phi) is 5.20. The predicted molar refractivity (Wildman–Crippen MR) is 21.0 cm³/mol. The summed E-state index contributed by atoms with van der Waals surface area (Å²) in [5.41, 5.74) is 0. The van der Waals surface area contributed by atoms with Crippen LogP contribution in [0.3, 0.4) is 0 Å². The minimum atomic E-state index is 0.0972. The molecule has 0 amide bonds. The summed E-state index contributed by atoms with van der Waals surface area (Å²) in [7, 11) is 0. The second-order valence-corrected chi connectivity index (χ2v) is 7.03. The summed E-state index contributed by atoms with van der Waals surface area (Å²) in [5, 5.41) is 3.06. The fourth-order valence-corrected chi connectivity index (χ4v) is 1.84. The van der Waals surface area contributed by atoms with Crippen LogP contribution in [-0.4, -0.2) is 0 Å². The Balaban J connectivity index is 2.19. The van der Waals surface area contributed by atoms with Gasteiger partial charge in [-0.15, -0.1) is 0 Å². The molecule has 0 nitrogen and oxygen atoms in total. The Morgan fingerprint density at radius 1 is 1.20 bits per heavy atom. The third kappa shape index (κ3) is 4.62. The van der Waals surface area contributed by atoms with E-state index in [0.29, 0.717) is 0 Å². The van der Waals surface area contributed by atoms with E-state index in [2.05, 4.69) is 13.8 Å². The fourth-order valence-electron chi connectivity index (χ4n) is 0.354. The van der Waals surface area contributed by atoms with Crippen LogP contribution in [-0.2, 0) is 17.1 Å². The van der Waals surface area contributed by atoms with Gasteiger partial charge in [-0.3, -0.25) is 0 Å². The standard InChI is InChI=1S/2C2H5.Zn/c2*1-2;/h2*1H2,2H3;/q;;-1. The van der Waals surface area contributed by atoms with Gasteiger partial charge in [-0.25, -0.2) is 0 Å². The van der Waals surface area contributed by atoms with Crippen LogP contribution in [0.4, 0.5) is 0 Å². The number of hydrogen-bond acceptors (Lipinski definition) is 0. The summed E-state index contributed by atoms with van der Waals surface area (Å²) in [4.78, 5) is 0. The van der Waals surface area contributed by atoms with Crippen molar-refractivity contribution in [2.45, 2.75) is 23.9 Å². The Morgan fingerprint density at radius 2 is 1.60 bits per heavy atom. The van der Waals surface area contributed by atoms with E-state index < -0.39 is 0 Å². The zero-order valence-electron chi connectivity index (χ0n) is 4.12. The van der Waals surface area contributed by atoms with Crippen LogP contribution >= 0.6 is 0 Å². The van der Waals surface area contributed by atoms with Gasteiger partial charge in [0.15, 0.2) is 0 Å². The molecule has 0 saturated carbocycles. The quantitative estimate of drug-likeness (QED) is 0.493. The van der Waals surface area contributed by atoms with Crippen LogP contribution in [0, 0.1) is 0 Å². The molecule has 0 heterocycles. The molecule has 0 bridgehead atoms. The second-order valence-electron chi connectivity index (χ2n) is 1.35. The van der Waals surface area contributed by atoms with Crippen LogP contribution in [0.25, 0.3) is 0 Å². The first-order valence-electron chi connectivity index (χ1n) is 2.41. The van der Waals surface area contributed by atoms with Crippen LogP contribution in [0.15, 0.2) is 0 Å². The Morgan fingerprint density at radius 3 is 1.60 bits per heavy atom. The van der Waals surface area contributed by atoms with Crippen LogP contribution in [0.5, 0.6) is 0 Å². The molecule has 0 rings (SSSR count). The molecular formula is C4H10Zn-. The van der Waals surface area contributed by atoms with Crippen LogP contribution in [0.1, 0.15) is 13.8 Å². The molecule has 5 heavy (non-hydrogen) atoms. The Bertz CT molecular complexity index is 11.1.